The second-order valence-electron chi connectivity index (χ2n) is 5.78. The van der Waals surface area contributed by atoms with E-state index in [1.165, 1.54) is 18.7 Å². The lowest BCUT2D eigenvalue weighted by Crippen LogP contribution is -2.33. The molecule has 0 bridgehead atoms. The van der Waals surface area contributed by atoms with Gasteiger partial charge >= 0.3 is 0 Å². The third kappa shape index (κ3) is 3.34. The van der Waals surface area contributed by atoms with Gasteiger partial charge in [0.15, 0.2) is 0 Å². The van der Waals surface area contributed by atoms with Crippen LogP contribution in [0.25, 0.3) is 0 Å². The summed E-state index contributed by atoms with van der Waals surface area (Å²) in [6.45, 7) is 1.10. The maximum absolute atomic E-state index is 12.6. The fourth-order valence-corrected chi connectivity index (χ4v) is 2.88. The van der Waals surface area contributed by atoms with Crippen molar-refractivity contribution in [2.45, 2.75) is 12.8 Å². The lowest BCUT2D eigenvalue weighted by molar-refractivity contribution is 0.0756. The van der Waals surface area contributed by atoms with Crippen LogP contribution in [0.4, 0.5) is 0 Å². The first-order chi connectivity index (χ1) is 12.8. The van der Waals surface area contributed by atoms with E-state index < -0.39 is 0 Å². The molecule has 130 valence electrons. The van der Waals surface area contributed by atoms with Gasteiger partial charge in [-0.05, 0) is 18.6 Å². The molecule has 3 aromatic heterocycles. The average molecular weight is 348 g/mol. The molecule has 8 heteroatoms. The van der Waals surface area contributed by atoms with E-state index in [9.17, 15) is 4.79 Å². The summed E-state index contributed by atoms with van der Waals surface area (Å²) in [7, 11) is 0. The van der Waals surface area contributed by atoms with E-state index in [1.807, 2.05) is 6.07 Å². The van der Waals surface area contributed by atoms with Crippen LogP contribution in [-0.4, -0.2) is 48.8 Å². The summed E-state index contributed by atoms with van der Waals surface area (Å²) in [5.74, 6) is 0.996. The van der Waals surface area contributed by atoms with Gasteiger partial charge in [-0.1, -0.05) is 0 Å². The normalized spacial score (nSPS) is 13.6. The largest absolute Gasteiger partial charge is 0.437 e. The van der Waals surface area contributed by atoms with Gasteiger partial charge < -0.3 is 9.64 Å². The predicted molar refractivity (Wildman–Crippen MR) is 91.7 cm³/mol. The van der Waals surface area contributed by atoms with Crippen molar-refractivity contribution in [2.24, 2.45) is 0 Å². The van der Waals surface area contributed by atoms with E-state index in [1.54, 1.807) is 29.6 Å². The van der Waals surface area contributed by atoms with E-state index in [2.05, 4.69) is 24.9 Å². The van der Waals surface area contributed by atoms with Crippen LogP contribution in [0.2, 0.25) is 0 Å². The van der Waals surface area contributed by atoms with Gasteiger partial charge in [0.1, 0.15) is 17.8 Å². The van der Waals surface area contributed by atoms with Crippen LogP contribution in [0, 0.1) is 0 Å². The maximum atomic E-state index is 12.6. The van der Waals surface area contributed by atoms with E-state index >= 15 is 0 Å². The molecule has 0 saturated carbocycles. The highest BCUT2D eigenvalue weighted by Gasteiger charge is 2.24. The Labute approximate surface area is 149 Å². The molecule has 0 aromatic carbocycles. The van der Waals surface area contributed by atoms with Gasteiger partial charge in [0.05, 0.1) is 18.1 Å². The number of amides is 1. The minimum Gasteiger partial charge on any atom is -0.437 e. The topological polar surface area (TPSA) is 94.0 Å². The van der Waals surface area contributed by atoms with Crippen LogP contribution in [-0.2, 0) is 12.8 Å². The number of ether oxygens (including phenoxy) is 1. The lowest BCUT2D eigenvalue weighted by Gasteiger charge is -2.19. The molecule has 0 N–H and O–H groups in total. The molecular weight excluding hydrogens is 332 g/mol. The summed E-state index contributed by atoms with van der Waals surface area (Å²) in [6.07, 6.45) is 10.6. The molecule has 0 spiro atoms. The first-order valence-electron chi connectivity index (χ1n) is 8.27. The van der Waals surface area contributed by atoms with Crippen LogP contribution >= 0.6 is 0 Å². The maximum Gasteiger partial charge on any atom is 0.274 e. The van der Waals surface area contributed by atoms with Crippen molar-refractivity contribution in [3.63, 3.8) is 0 Å². The van der Waals surface area contributed by atoms with Gasteiger partial charge in [-0.15, -0.1) is 0 Å². The highest BCUT2D eigenvalue weighted by Crippen LogP contribution is 2.26. The third-order valence-electron chi connectivity index (χ3n) is 4.16. The first kappa shape index (κ1) is 16.1. The zero-order valence-electron chi connectivity index (χ0n) is 13.9. The SMILES string of the molecule is O=C(c1cnccn1)N1CCc2ncnc(Oc3cccnc3)c2CC1. The molecule has 1 amide bonds. The summed E-state index contributed by atoms with van der Waals surface area (Å²) in [6, 6.07) is 3.62. The monoisotopic (exact) mass is 348 g/mol. The van der Waals surface area contributed by atoms with Crippen LogP contribution in [0.5, 0.6) is 11.6 Å². The molecular formula is C18H16N6O2. The molecule has 4 heterocycles. The molecule has 0 atom stereocenters. The Kier molecular flexibility index (Phi) is 4.46. The van der Waals surface area contributed by atoms with Gasteiger partial charge in [-0.2, -0.15) is 0 Å². The average Bonchev–Trinajstić information content (AvgIpc) is 2.92. The molecule has 3 aromatic rings. The van der Waals surface area contributed by atoms with Crippen LogP contribution in [0.3, 0.4) is 0 Å². The standard InChI is InChI=1S/C18H16N6O2/c25-18(16-11-20-6-7-21-16)24-8-3-14-15(4-9-24)22-12-23-17(14)26-13-2-1-5-19-10-13/h1-2,5-7,10-12H,3-4,8-9H2. The second-order valence-corrected chi connectivity index (χ2v) is 5.78. The molecule has 0 unspecified atom stereocenters. The number of hydrogen-bond donors (Lipinski definition) is 0. The molecule has 8 nitrogen and oxygen atoms in total. The molecule has 1 aliphatic rings. The smallest absolute Gasteiger partial charge is 0.274 e. The molecule has 0 fully saturated rings. The predicted octanol–water partition coefficient (Wildman–Crippen LogP) is 1.69. The Bertz CT molecular complexity index is 904. The highest BCUT2D eigenvalue weighted by atomic mass is 16.5. The third-order valence-corrected chi connectivity index (χ3v) is 4.16. The number of carbonyl (C=O) groups excluding carboxylic acids is 1. The molecule has 0 saturated heterocycles. The van der Waals surface area contributed by atoms with Gasteiger partial charge in [0.2, 0.25) is 5.88 Å². The van der Waals surface area contributed by atoms with E-state index in [0.717, 1.165) is 11.3 Å². The van der Waals surface area contributed by atoms with Gasteiger partial charge in [-0.3, -0.25) is 14.8 Å². The Hall–Kier alpha value is -3.42. The molecule has 4 rings (SSSR count). The highest BCUT2D eigenvalue weighted by molar-refractivity contribution is 5.92. The molecule has 26 heavy (non-hydrogen) atoms. The zero-order chi connectivity index (χ0) is 17.8. The van der Waals surface area contributed by atoms with Crippen LogP contribution in [0.1, 0.15) is 21.7 Å². The Morgan fingerprint density at radius 1 is 1.00 bits per heavy atom. The molecule has 0 aliphatic carbocycles. The summed E-state index contributed by atoms with van der Waals surface area (Å²) in [4.78, 5) is 35.1. The zero-order valence-corrected chi connectivity index (χ0v) is 13.9. The number of carbonyl (C=O) groups is 1. The first-order valence-corrected chi connectivity index (χ1v) is 8.27. The fraction of sp³-hybridized carbons (Fsp3) is 0.222. The Balaban J connectivity index is 1.55. The van der Waals surface area contributed by atoms with Crippen molar-refractivity contribution in [2.75, 3.05) is 13.1 Å². The van der Waals surface area contributed by atoms with Crippen molar-refractivity contribution in [3.8, 4) is 11.6 Å². The van der Waals surface area contributed by atoms with E-state index in [-0.39, 0.29) is 5.91 Å². The number of hydrogen-bond acceptors (Lipinski definition) is 7. The van der Waals surface area contributed by atoms with Gasteiger partial charge in [0.25, 0.3) is 5.91 Å². The Morgan fingerprint density at radius 2 is 1.88 bits per heavy atom. The van der Waals surface area contributed by atoms with Gasteiger partial charge in [0, 0.05) is 43.7 Å². The number of rotatable bonds is 3. The minimum absolute atomic E-state index is 0.131. The van der Waals surface area contributed by atoms with Crippen LogP contribution in [0.15, 0.2) is 49.4 Å². The van der Waals surface area contributed by atoms with Gasteiger partial charge in [-0.25, -0.2) is 15.0 Å². The number of fused-ring (bicyclic) bond motifs is 1. The summed E-state index contributed by atoms with van der Waals surface area (Å²) in [5, 5.41) is 0. The number of nitrogens with zero attached hydrogens (tertiary/aromatic N) is 6. The van der Waals surface area contributed by atoms with Crippen LogP contribution < -0.4 is 4.74 Å². The minimum atomic E-state index is -0.131. The number of pyridine rings is 1. The van der Waals surface area contributed by atoms with Crippen molar-refractivity contribution in [3.05, 3.63) is 66.4 Å². The van der Waals surface area contributed by atoms with E-state index in [0.29, 0.717) is 43.3 Å². The van der Waals surface area contributed by atoms with Crippen molar-refractivity contribution in [1.82, 2.24) is 29.8 Å². The summed E-state index contributed by atoms with van der Waals surface area (Å²) in [5.41, 5.74) is 2.16. The summed E-state index contributed by atoms with van der Waals surface area (Å²) >= 11 is 0. The van der Waals surface area contributed by atoms with E-state index in [4.69, 9.17) is 4.74 Å². The van der Waals surface area contributed by atoms with Crippen molar-refractivity contribution in [1.29, 1.82) is 0 Å². The Morgan fingerprint density at radius 3 is 2.69 bits per heavy atom. The lowest BCUT2D eigenvalue weighted by atomic mass is 10.1. The van der Waals surface area contributed by atoms with Crippen molar-refractivity contribution < 1.29 is 9.53 Å². The number of aromatic nitrogens is 5. The summed E-state index contributed by atoms with van der Waals surface area (Å²) < 4.78 is 5.87. The second kappa shape index (κ2) is 7.22. The fourth-order valence-electron chi connectivity index (χ4n) is 2.88. The van der Waals surface area contributed by atoms with Crippen molar-refractivity contribution >= 4 is 5.91 Å². The quantitative estimate of drug-likeness (QED) is 0.711. The molecule has 0 radical (unpaired) electrons. The molecule has 1 aliphatic heterocycles.